The van der Waals surface area contributed by atoms with E-state index < -0.39 is 28.5 Å². The molecule has 0 saturated carbocycles. The van der Waals surface area contributed by atoms with Crippen molar-refractivity contribution in [3.8, 4) is 5.75 Å². The number of benzene rings is 2. The lowest BCUT2D eigenvalue weighted by Crippen LogP contribution is -2.21. The van der Waals surface area contributed by atoms with Gasteiger partial charge in [0.1, 0.15) is 11.3 Å². The van der Waals surface area contributed by atoms with Gasteiger partial charge < -0.3 is 14.8 Å². The van der Waals surface area contributed by atoms with Crippen LogP contribution in [0.2, 0.25) is 10.0 Å². The first-order valence-electron chi connectivity index (χ1n) is 7.24. The van der Waals surface area contributed by atoms with Gasteiger partial charge in [-0.25, -0.2) is 18.4 Å². The number of carbonyl (C=O) groups is 2. The average molecular weight is 433 g/mol. The maximum atomic E-state index is 12.2. The van der Waals surface area contributed by atoms with Crippen LogP contribution in [0.4, 0.5) is 5.69 Å². The number of rotatable bonds is 6. The minimum absolute atomic E-state index is 0.0608. The SMILES string of the molecule is COc1ccc(S(N)(=O)=O)cc1C(=O)OCC(=O)Nc1cc(Cl)ccc1Cl. The summed E-state index contributed by atoms with van der Waals surface area (Å²) in [6, 6.07) is 7.91. The number of hydrogen-bond donors (Lipinski definition) is 2. The van der Waals surface area contributed by atoms with Gasteiger partial charge in [0.25, 0.3) is 5.91 Å². The van der Waals surface area contributed by atoms with E-state index in [-0.39, 0.29) is 26.9 Å². The summed E-state index contributed by atoms with van der Waals surface area (Å²) in [6.45, 7) is -0.648. The molecule has 0 atom stereocenters. The number of nitrogens with two attached hydrogens (primary N) is 1. The quantitative estimate of drug-likeness (QED) is 0.675. The minimum Gasteiger partial charge on any atom is -0.496 e. The van der Waals surface area contributed by atoms with Gasteiger partial charge in [-0.1, -0.05) is 23.2 Å². The Morgan fingerprint density at radius 3 is 2.48 bits per heavy atom. The van der Waals surface area contributed by atoms with Gasteiger partial charge in [-0.05, 0) is 36.4 Å². The summed E-state index contributed by atoms with van der Waals surface area (Å²) in [5, 5.41) is 8.10. The molecule has 2 rings (SSSR count). The number of nitrogens with one attached hydrogen (secondary N) is 1. The van der Waals surface area contributed by atoms with Gasteiger partial charge in [-0.2, -0.15) is 0 Å². The third-order valence-electron chi connectivity index (χ3n) is 3.26. The van der Waals surface area contributed by atoms with Crippen LogP contribution < -0.4 is 15.2 Å². The number of primary sulfonamides is 1. The third-order valence-corrected chi connectivity index (χ3v) is 4.73. The molecule has 8 nitrogen and oxygen atoms in total. The molecule has 0 aliphatic rings. The van der Waals surface area contributed by atoms with Crippen molar-refractivity contribution in [3.63, 3.8) is 0 Å². The highest BCUT2D eigenvalue weighted by atomic mass is 35.5. The van der Waals surface area contributed by atoms with Gasteiger partial charge in [-0.3, -0.25) is 4.79 Å². The zero-order valence-electron chi connectivity index (χ0n) is 13.9. The summed E-state index contributed by atoms with van der Waals surface area (Å²) in [6.07, 6.45) is 0. The van der Waals surface area contributed by atoms with Crippen LogP contribution in [0, 0.1) is 0 Å². The monoisotopic (exact) mass is 432 g/mol. The summed E-state index contributed by atoms with van der Waals surface area (Å²) >= 11 is 11.8. The molecule has 2 aromatic rings. The van der Waals surface area contributed by atoms with Crippen molar-refractivity contribution in [1.82, 2.24) is 0 Å². The molecule has 0 aliphatic heterocycles. The Kier molecular flexibility index (Phi) is 6.66. The van der Waals surface area contributed by atoms with Crippen molar-refractivity contribution >= 4 is 50.8 Å². The number of halogens is 2. The molecule has 0 aromatic heterocycles. The lowest BCUT2D eigenvalue weighted by atomic mass is 10.2. The Morgan fingerprint density at radius 1 is 1.15 bits per heavy atom. The van der Waals surface area contributed by atoms with Crippen LogP contribution in [-0.4, -0.2) is 34.0 Å². The first-order valence-corrected chi connectivity index (χ1v) is 9.55. The standard InChI is InChI=1S/C16H14Cl2N2O6S/c1-25-14-5-3-10(27(19,23)24)7-11(14)16(22)26-8-15(21)20-13-6-9(17)2-4-12(13)18/h2-7H,8H2,1H3,(H,20,21)(H2,19,23,24). The second-order valence-electron chi connectivity index (χ2n) is 5.16. The second kappa shape index (κ2) is 8.57. The normalized spacial score (nSPS) is 11.0. The summed E-state index contributed by atoms with van der Waals surface area (Å²) in [5.74, 6) is -1.58. The predicted octanol–water partition coefficient (Wildman–Crippen LogP) is 2.44. The van der Waals surface area contributed by atoms with E-state index in [0.717, 1.165) is 6.07 Å². The highest BCUT2D eigenvalue weighted by Crippen LogP contribution is 2.25. The number of ether oxygens (including phenoxy) is 2. The van der Waals surface area contributed by atoms with Gasteiger partial charge in [0.2, 0.25) is 10.0 Å². The van der Waals surface area contributed by atoms with E-state index in [2.05, 4.69) is 5.32 Å². The van der Waals surface area contributed by atoms with E-state index >= 15 is 0 Å². The molecule has 0 saturated heterocycles. The van der Waals surface area contributed by atoms with Gasteiger partial charge >= 0.3 is 5.97 Å². The van der Waals surface area contributed by atoms with Crippen LogP contribution in [-0.2, 0) is 19.6 Å². The Balaban J connectivity index is 2.11. The van der Waals surface area contributed by atoms with Crippen molar-refractivity contribution in [1.29, 1.82) is 0 Å². The molecule has 0 heterocycles. The highest BCUT2D eigenvalue weighted by molar-refractivity contribution is 7.89. The molecule has 144 valence electrons. The number of hydrogen-bond acceptors (Lipinski definition) is 6. The van der Waals surface area contributed by atoms with Crippen LogP contribution in [0.1, 0.15) is 10.4 Å². The fourth-order valence-electron chi connectivity index (χ4n) is 2.01. The number of carbonyl (C=O) groups excluding carboxylic acids is 2. The van der Waals surface area contributed by atoms with Crippen LogP contribution in [0.25, 0.3) is 0 Å². The Labute approximate surface area is 165 Å². The Hall–Kier alpha value is -2.33. The molecule has 3 N–H and O–H groups in total. The molecule has 11 heteroatoms. The van der Waals surface area contributed by atoms with Gasteiger partial charge in [0.15, 0.2) is 6.61 Å². The van der Waals surface area contributed by atoms with E-state index in [1.807, 2.05) is 0 Å². The molecular formula is C16H14Cl2N2O6S. The van der Waals surface area contributed by atoms with Crippen molar-refractivity contribution in [2.45, 2.75) is 4.90 Å². The molecule has 0 fully saturated rings. The molecule has 27 heavy (non-hydrogen) atoms. The fraction of sp³-hybridized carbons (Fsp3) is 0.125. The van der Waals surface area contributed by atoms with Crippen LogP contribution in [0.15, 0.2) is 41.3 Å². The maximum absolute atomic E-state index is 12.2. The van der Waals surface area contributed by atoms with Crippen molar-refractivity contribution < 1.29 is 27.5 Å². The summed E-state index contributed by atoms with van der Waals surface area (Å²) in [7, 11) is -2.75. The zero-order chi connectivity index (χ0) is 20.2. The topological polar surface area (TPSA) is 125 Å². The van der Waals surface area contributed by atoms with Crippen LogP contribution >= 0.6 is 23.2 Å². The van der Waals surface area contributed by atoms with Crippen LogP contribution in [0.5, 0.6) is 5.75 Å². The lowest BCUT2D eigenvalue weighted by molar-refractivity contribution is -0.119. The van der Waals surface area contributed by atoms with Crippen molar-refractivity contribution in [2.24, 2.45) is 5.14 Å². The number of anilines is 1. The van der Waals surface area contributed by atoms with E-state index in [1.54, 1.807) is 6.07 Å². The number of methoxy groups -OCH3 is 1. The number of amides is 1. The summed E-state index contributed by atoms with van der Waals surface area (Å²) in [4.78, 5) is 23.9. The van der Waals surface area contributed by atoms with E-state index in [1.165, 1.54) is 31.4 Å². The molecule has 1 amide bonds. The number of sulfonamides is 1. The lowest BCUT2D eigenvalue weighted by Gasteiger charge is -2.11. The third kappa shape index (κ3) is 5.57. The van der Waals surface area contributed by atoms with Gasteiger partial charge in [0, 0.05) is 5.02 Å². The zero-order valence-corrected chi connectivity index (χ0v) is 16.2. The van der Waals surface area contributed by atoms with Crippen molar-refractivity contribution in [2.75, 3.05) is 19.0 Å². The fourth-order valence-corrected chi connectivity index (χ4v) is 2.89. The largest absolute Gasteiger partial charge is 0.496 e. The maximum Gasteiger partial charge on any atom is 0.342 e. The first kappa shape index (κ1) is 21.0. The Morgan fingerprint density at radius 2 is 1.85 bits per heavy atom. The second-order valence-corrected chi connectivity index (χ2v) is 7.56. The molecule has 0 spiro atoms. The predicted molar refractivity (Wildman–Crippen MR) is 99.7 cm³/mol. The molecule has 0 bridgehead atoms. The summed E-state index contributed by atoms with van der Waals surface area (Å²) in [5.41, 5.74) is 0.0524. The number of esters is 1. The van der Waals surface area contributed by atoms with Crippen molar-refractivity contribution in [3.05, 3.63) is 52.0 Å². The average Bonchev–Trinajstić information content (AvgIpc) is 2.61. The van der Waals surface area contributed by atoms with E-state index in [4.69, 9.17) is 37.8 Å². The smallest absolute Gasteiger partial charge is 0.342 e. The molecule has 0 unspecified atom stereocenters. The highest BCUT2D eigenvalue weighted by Gasteiger charge is 2.19. The van der Waals surface area contributed by atoms with Gasteiger partial charge in [0.05, 0.1) is 22.7 Å². The minimum atomic E-state index is -4.03. The van der Waals surface area contributed by atoms with E-state index in [0.29, 0.717) is 5.02 Å². The molecule has 0 radical (unpaired) electrons. The molecule has 2 aromatic carbocycles. The van der Waals surface area contributed by atoms with Crippen LogP contribution in [0.3, 0.4) is 0 Å². The Bertz CT molecular complexity index is 994. The van der Waals surface area contributed by atoms with E-state index in [9.17, 15) is 18.0 Å². The summed E-state index contributed by atoms with van der Waals surface area (Å²) < 4.78 is 32.8. The first-order chi connectivity index (χ1) is 12.6. The van der Waals surface area contributed by atoms with Gasteiger partial charge in [-0.15, -0.1) is 0 Å². The molecule has 0 aliphatic carbocycles. The molecular weight excluding hydrogens is 419 g/mol.